The van der Waals surface area contributed by atoms with E-state index in [-0.39, 0.29) is 17.9 Å². The molecular formula is C24H36N4O5. The normalized spacial score (nSPS) is 18.5. The minimum Gasteiger partial charge on any atom is -0.465 e. The first-order valence-corrected chi connectivity index (χ1v) is 11.5. The standard InChI is InChI=1S/C24H36N4O5/c1-24(2,3)33-23(32)26(5)13-12-25(4)16-28-20-10-6-9-18(19(20)14-21(28)29)17-8-7-11-27(15-17)22(30)31/h6,9-10,17H,7-8,11-16H2,1-5H3,(H,30,31). The summed E-state index contributed by atoms with van der Waals surface area (Å²) in [6.07, 6.45) is 0.826. The van der Waals surface area contributed by atoms with E-state index in [1.54, 1.807) is 11.9 Å². The summed E-state index contributed by atoms with van der Waals surface area (Å²) in [5, 5.41) is 9.38. The SMILES string of the molecule is CN(CCN(C)C(=O)OC(C)(C)C)CN1C(=O)Cc2c(C3CCCN(C(=O)O)C3)cccc21. The van der Waals surface area contributed by atoms with Gasteiger partial charge in [-0.2, -0.15) is 0 Å². The Hall–Kier alpha value is -2.81. The Balaban J connectivity index is 1.64. The van der Waals surface area contributed by atoms with Crippen LogP contribution in [0.3, 0.4) is 0 Å². The second-order valence-corrected chi connectivity index (χ2v) is 10.0. The van der Waals surface area contributed by atoms with E-state index in [2.05, 4.69) is 0 Å². The fourth-order valence-electron chi connectivity index (χ4n) is 4.42. The number of fused-ring (bicyclic) bond motifs is 1. The van der Waals surface area contributed by atoms with Crippen molar-refractivity contribution in [3.05, 3.63) is 29.3 Å². The first-order valence-electron chi connectivity index (χ1n) is 11.5. The number of ether oxygens (including phenoxy) is 1. The van der Waals surface area contributed by atoms with Crippen LogP contribution in [-0.2, 0) is 16.0 Å². The molecule has 1 N–H and O–H groups in total. The Bertz CT molecular complexity index is 897. The third-order valence-corrected chi connectivity index (χ3v) is 6.14. The highest BCUT2D eigenvalue weighted by atomic mass is 16.6. The Kier molecular flexibility index (Phi) is 7.51. The Morgan fingerprint density at radius 1 is 1.21 bits per heavy atom. The number of likely N-dealkylation sites (N-methyl/N-ethyl adjacent to an activating group) is 2. The second kappa shape index (κ2) is 9.99. The van der Waals surface area contributed by atoms with Crippen molar-refractivity contribution < 1.29 is 24.2 Å². The molecule has 0 aromatic heterocycles. The van der Waals surface area contributed by atoms with Gasteiger partial charge < -0.3 is 19.6 Å². The molecule has 3 amide bonds. The van der Waals surface area contributed by atoms with Crippen molar-refractivity contribution in [1.82, 2.24) is 14.7 Å². The highest BCUT2D eigenvalue weighted by Gasteiger charge is 2.33. The number of benzene rings is 1. The van der Waals surface area contributed by atoms with Crippen molar-refractivity contribution in [1.29, 1.82) is 0 Å². The molecular weight excluding hydrogens is 424 g/mol. The topological polar surface area (TPSA) is 93.6 Å². The van der Waals surface area contributed by atoms with E-state index in [1.165, 1.54) is 9.80 Å². The molecule has 1 aromatic carbocycles. The minimum absolute atomic E-state index is 0.0377. The average Bonchev–Trinajstić information content (AvgIpc) is 3.06. The maximum Gasteiger partial charge on any atom is 0.410 e. The van der Waals surface area contributed by atoms with E-state index in [1.807, 2.05) is 50.9 Å². The Morgan fingerprint density at radius 3 is 2.61 bits per heavy atom. The summed E-state index contributed by atoms with van der Waals surface area (Å²) in [5.74, 6) is 0.147. The molecule has 1 unspecified atom stereocenters. The van der Waals surface area contributed by atoms with Crippen molar-refractivity contribution in [3.8, 4) is 0 Å². The van der Waals surface area contributed by atoms with Crippen LogP contribution in [0.5, 0.6) is 0 Å². The zero-order valence-corrected chi connectivity index (χ0v) is 20.3. The average molecular weight is 461 g/mol. The lowest BCUT2D eigenvalue weighted by molar-refractivity contribution is -0.117. The summed E-state index contributed by atoms with van der Waals surface area (Å²) >= 11 is 0. The first-order chi connectivity index (χ1) is 15.5. The second-order valence-electron chi connectivity index (χ2n) is 10.0. The van der Waals surface area contributed by atoms with Gasteiger partial charge in [0, 0.05) is 44.8 Å². The molecule has 0 bridgehead atoms. The summed E-state index contributed by atoms with van der Waals surface area (Å²) in [4.78, 5) is 43.3. The van der Waals surface area contributed by atoms with E-state index in [0.717, 1.165) is 29.7 Å². The fourth-order valence-corrected chi connectivity index (χ4v) is 4.42. The number of hydrogen-bond acceptors (Lipinski definition) is 5. The van der Waals surface area contributed by atoms with E-state index in [0.29, 0.717) is 39.3 Å². The van der Waals surface area contributed by atoms with E-state index in [9.17, 15) is 19.5 Å². The van der Waals surface area contributed by atoms with Gasteiger partial charge in [0.1, 0.15) is 5.60 Å². The quantitative estimate of drug-likeness (QED) is 0.701. The maximum atomic E-state index is 12.9. The number of carboxylic acid groups (broad SMARTS) is 1. The smallest absolute Gasteiger partial charge is 0.410 e. The third-order valence-electron chi connectivity index (χ3n) is 6.14. The molecule has 1 saturated heterocycles. The predicted octanol–water partition coefficient (Wildman–Crippen LogP) is 3.19. The highest BCUT2D eigenvalue weighted by Crippen LogP contribution is 2.38. The maximum absolute atomic E-state index is 12.9. The van der Waals surface area contributed by atoms with Gasteiger partial charge in [-0.1, -0.05) is 12.1 Å². The molecule has 9 nitrogen and oxygen atoms in total. The van der Waals surface area contributed by atoms with Crippen LogP contribution in [0.25, 0.3) is 0 Å². The van der Waals surface area contributed by atoms with Crippen LogP contribution in [0.2, 0.25) is 0 Å². The molecule has 33 heavy (non-hydrogen) atoms. The zero-order valence-electron chi connectivity index (χ0n) is 20.3. The van der Waals surface area contributed by atoms with Crippen molar-refractivity contribution in [2.45, 2.75) is 51.6 Å². The van der Waals surface area contributed by atoms with Crippen LogP contribution >= 0.6 is 0 Å². The van der Waals surface area contributed by atoms with E-state index >= 15 is 0 Å². The van der Waals surface area contributed by atoms with Crippen LogP contribution in [0.1, 0.15) is 50.7 Å². The number of rotatable bonds is 6. The number of anilines is 1. The van der Waals surface area contributed by atoms with Gasteiger partial charge in [-0.25, -0.2) is 9.59 Å². The lowest BCUT2D eigenvalue weighted by Crippen LogP contribution is -2.42. The Morgan fingerprint density at radius 2 is 1.94 bits per heavy atom. The number of amides is 3. The third kappa shape index (κ3) is 6.16. The van der Waals surface area contributed by atoms with Crippen molar-refractivity contribution in [2.24, 2.45) is 0 Å². The summed E-state index contributed by atoms with van der Waals surface area (Å²) in [6, 6.07) is 5.95. The minimum atomic E-state index is -0.886. The van der Waals surface area contributed by atoms with Crippen LogP contribution in [0.4, 0.5) is 15.3 Å². The molecule has 1 fully saturated rings. The van der Waals surface area contributed by atoms with Crippen molar-refractivity contribution >= 4 is 23.8 Å². The van der Waals surface area contributed by atoms with Crippen LogP contribution in [-0.4, -0.2) is 90.4 Å². The van der Waals surface area contributed by atoms with Gasteiger partial charge in [0.2, 0.25) is 5.91 Å². The summed E-state index contributed by atoms with van der Waals surface area (Å²) in [5.41, 5.74) is 2.46. The van der Waals surface area contributed by atoms with Gasteiger partial charge in [-0.15, -0.1) is 0 Å². The van der Waals surface area contributed by atoms with Gasteiger partial charge >= 0.3 is 12.2 Å². The number of carbonyl (C=O) groups excluding carboxylic acids is 2. The fraction of sp³-hybridized carbons (Fsp3) is 0.625. The molecule has 2 aliphatic heterocycles. The summed E-state index contributed by atoms with van der Waals surface area (Å²) < 4.78 is 5.39. The molecule has 0 saturated carbocycles. The first kappa shape index (κ1) is 24.8. The van der Waals surface area contributed by atoms with Gasteiger partial charge in [0.15, 0.2) is 0 Å². The number of carbonyl (C=O) groups is 3. The molecule has 2 heterocycles. The lowest BCUT2D eigenvalue weighted by Gasteiger charge is -2.32. The predicted molar refractivity (Wildman–Crippen MR) is 126 cm³/mol. The number of piperidine rings is 1. The molecule has 0 aliphatic carbocycles. The molecule has 9 heteroatoms. The van der Waals surface area contributed by atoms with E-state index < -0.39 is 11.7 Å². The van der Waals surface area contributed by atoms with E-state index in [4.69, 9.17) is 4.74 Å². The van der Waals surface area contributed by atoms with Crippen molar-refractivity contribution in [3.63, 3.8) is 0 Å². The van der Waals surface area contributed by atoms with Crippen molar-refractivity contribution in [2.75, 3.05) is 51.8 Å². The molecule has 1 aromatic rings. The van der Waals surface area contributed by atoms with Crippen LogP contribution in [0.15, 0.2) is 18.2 Å². The molecule has 0 radical (unpaired) electrons. The largest absolute Gasteiger partial charge is 0.465 e. The zero-order chi connectivity index (χ0) is 24.3. The number of likely N-dealkylation sites (tertiary alicyclic amines) is 1. The summed E-state index contributed by atoms with van der Waals surface area (Å²) in [6.45, 7) is 8.03. The Labute approximate surface area is 195 Å². The van der Waals surface area contributed by atoms with Crippen LogP contribution in [0, 0.1) is 0 Å². The molecule has 1 atom stereocenters. The molecule has 0 spiro atoms. The van der Waals surface area contributed by atoms with Gasteiger partial charge in [-0.3, -0.25) is 14.6 Å². The van der Waals surface area contributed by atoms with Gasteiger partial charge in [-0.05, 0) is 57.9 Å². The van der Waals surface area contributed by atoms with Gasteiger partial charge in [0.25, 0.3) is 0 Å². The molecule has 182 valence electrons. The summed E-state index contributed by atoms with van der Waals surface area (Å²) in [7, 11) is 3.62. The number of nitrogens with zero attached hydrogens (tertiary/aromatic N) is 4. The molecule has 2 aliphatic rings. The highest BCUT2D eigenvalue weighted by molar-refractivity contribution is 6.01. The number of hydrogen-bond donors (Lipinski definition) is 1. The lowest BCUT2D eigenvalue weighted by atomic mass is 9.87. The van der Waals surface area contributed by atoms with Gasteiger partial charge in [0.05, 0.1) is 13.1 Å². The monoisotopic (exact) mass is 460 g/mol. The van der Waals surface area contributed by atoms with Crippen LogP contribution < -0.4 is 4.90 Å². The molecule has 3 rings (SSSR count).